The molecule has 0 bridgehead atoms. The summed E-state index contributed by atoms with van der Waals surface area (Å²) >= 11 is 1.22. The maximum absolute atomic E-state index is 13.3. The minimum Gasteiger partial charge on any atom is -0.507 e. The predicted molar refractivity (Wildman–Crippen MR) is 148 cm³/mol. The molecule has 2 heterocycles. The first-order chi connectivity index (χ1) is 18.9. The fourth-order valence-corrected chi connectivity index (χ4v) is 5.20. The van der Waals surface area contributed by atoms with Gasteiger partial charge in [0.25, 0.3) is 5.78 Å². The van der Waals surface area contributed by atoms with Crippen molar-refractivity contribution in [2.24, 2.45) is 0 Å². The number of hydrogen-bond donors (Lipinski definition) is 1. The predicted octanol–water partition coefficient (Wildman–Crippen LogP) is 5.67. The lowest BCUT2D eigenvalue weighted by molar-refractivity contribution is -0.132. The first-order valence-corrected chi connectivity index (χ1v) is 13.0. The van der Waals surface area contributed by atoms with Crippen LogP contribution in [0.25, 0.3) is 5.76 Å². The number of carbonyl (C=O) groups is 2. The average molecular weight is 543 g/mol. The molecule has 1 fully saturated rings. The van der Waals surface area contributed by atoms with Crippen molar-refractivity contribution in [2.75, 3.05) is 19.1 Å². The molecule has 0 saturated carbocycles. The van der Waals surface area contributed by atoms with Crippen LogP contribution < -0.4 is 19.1 Å². The fourth-order valence-electron chi connectivity index (χ4n) is 4.54. The molecule has 3 aromatic carbocycles. The molecule has 1 aromatic heterocycles. The summed E-state index contributed by atoms with van der Waals surface area (Å²) in [5, 5.41) is 13.4. The van der Waals surface area contributed by atoms with Crippen molar-refractivity contribution in [2.45, 2.75) is 19.6 Å². The second-order valence-corrected chi connectivity index (χ2v) is 9.77. The van der Waals surface area contributed by atoms with Gasteiger partial charge in [-0.2, -0.15) is 0 Å². The summed E-state index contributed by atoms with van der Waals surface area (Å²) in [6.07, 6.45) is 1.56. The molecule has 4 aromatic rings. The maximum Gasteiger partial charge on any atom is 0.301 e. The van der Waals surface area contributed by atoms with Crippen LogP contribution in [-0.4, -0.2) is 36.0 Å². The van der Waals surface area contributed by atoms with Crippen LogP contribution in [0, 0.1) is 6.92 Å². The minimum atomic E-state index is -0.923. The lowest BCUT2D eigenvalue weighted by atomic mass is 9.95. The summed E-state index contributed by atoms with van der Waals surface area (Å²) in [4.78, 5) is 32.1. The van der Waals surface area contributed by atoms with Gasteiger partial charge in [0.1, 0.15) is 18.1 Å². The number of ether oxygens (including phenoxy) is 3. The van der Waals surface area contributed by atoms with Crippen LogP contribution in [0.4, 0.5) is 5.13 Å². The molecule has 1 aliphatic heterocycles. The third kappa shape index (κ3) is 5.08. The van der Waals surface area contributed by atoms with Gasteiger partial charge in [-0.25, -0.2) is 4.98 Å². The van der Waals surface area contributed by atoms with Crippen LogP contribution in [0.5, 0.6) is 17.2 Å². The molecule has 0 radical (unpaired) electrons. The normalized spacial score (nSPS) is 16.4. The van der Waals surface area contributed by atoms with E-state index in [2.05, 4.69) is 11.1 Å². The summed E-state index contributed by atoms with van der Waals surface area (Å²) in [5.74, 6) is -0.347. The molecule has 1 aliphatic rings. The van der Waals surface area contributed by atoms with Crippen molar-refractivity contribution in [3.05, 3.63) is 106 Å². The van der Waals surface area contributed by atoms with E-state index in [4.69, 9.17) is 14.2 Å². The molecule has 39 heavy (non-hydrogen) atoms. The number of aryl methyl sites for hydroxylation is 1. The molecule has 1 atom stereocenters. The topological polar surface area (TPSA) is 98.2 Å². The van der Waals surface area contributed by atoms with Crippen LogP contribution in [0.3, 0.4) is 0 Å². The molecule has 0 spiro atoms. The average Bonchev–Trinajstić information content (AvgIpc) is 3.58. The van der Waals surface area contributed by atoms with Gasteiger partial charge in [0.15, 0.2) is 16.6 Å². The fraction of sp³-hybridized carbons (Fsp3) is 0.167. The number of aliphatic hydroxyl groups is 1. The largest absolute Gasteiger partial charge is 0.507 e. The van der Waals surface area contributed by atoms with Crippen LogP contribution in [0.1, 0.15) is 28.3 Å². The molecule has 198 valence electrons. The number of amides is 1. The van der Waals surface area contributed by atoms with E-state index in [1.54, 1.807) is 54.0 Å². The highest BCUT2D eigenvalue weighted by Crippen LogP contribution is 2.44. The number of thiazole rings is 1. The Bertz CT molecular complexity index is 1550. The molecule has 1 N–H and O–H groups in total. The van der Waals surface area contributed by atoms with Crippen molar-refractivity contribution in [1.82, 2.24) is 4.98 Å². The van der Waals surface area contributed by atoms with Gasteiger partial charge in [-0.15, -0.1) is 11.3 Å². The Balaban J connectivity index is 1.52. The number of hydrogen-bond acceptors (Lipinski definition) is 8. The monoisotopic (exact) mass is 542 g/mol. The molecule has 1 saturated heterocycles. The van der Waals surface area contributed by atoms with E-state index in [1.807, 2.05) is 25.1 Å². The number of anilines is 1. The molecule has 8 nitrogen and oxygen atoms in total. The van der Waals surface area contributed by atoms with E-state index in [0.29, 0.717) is 40.1 Å². The van der Waals surface area contributed by atoms with Gasteiger partial charge >= 0.3 is 5.91 Å². The summed E-state index contributed by atoms with van der Waals surface area (Å²) in [5.41, 5.74) is 3.08. The number of Topliss-reactive ketones (excluding diaryl/α,β-unsaturated/α-hetero) is 1. The highest BCUT2D eigenvalue weighted by molar-refractivity contribution is 7.14. The van der Waals surface area contributed by atoms with E-state index in [0.717, 1.165) is 11.1 Å². The highest BCUT2D eigenvalue weighted by atomic mass is 32.1. The van der Waals surface area contributed by atoms with Gasteiger partial charge in [0, 0.05) is 17.1 Å². The standard InChI is InChI=1S/C30H26N2O6S/c1-18-5-4-6-19(15-18)17-38-22-10-7-20(8-11-22)27(33)25-26(21-9-12-23(36-2)24(16-21)37-3)32(29(35)28(25)34)30-31-13-14-39-30/h4-16,26,33H,17H2,1-3H3/t26-/m0/s1. The van der Waals surface area contributed by atoms with E-state index in [-0.39, 0.29) is 11.3 Å². The second-order valence-electron chi connectivity index (χ2n) is 8.90. The highest BCUT2D eigenvalue weighted by Gasteiger charge is 2.48. The third-order valence-corrected chi connectivity index (χ3v) is 7.18. The van der Waals surface area contributed by atoms with Crippen molar-refractivity contribution in [1.29, 1.82) is 0 Å². The minimum absolute atomic E-state index is 0.0455. The quantitative estimate of drug-likeness (QED) is 0.174. The zero-order valence-electron chi connectivity index (χ0n) is 21.6. The second kappa shape index (κ2) is 11.0. The smallest absolute Gasteiger partial charge is 0.301 e. The van der Waals surface area contributed by atoms with Gasteiger partial charge in [-0.1, -0.05) is 35.9 Å². The van der Waals surface area contributed by atoms with Crippen LogP contribution in [-0.2, 0) is 16.2 Å². The number of rotatable bonds is 8. The van der Waals surface area contributed by atoms with Gasteiger partial charge in [-0.3, -0.25) is 14.5 Å². The third-order valence-electron chi connectivity index (χ3n) is 6.41. The first-order valence-electron chi connectivity index (χ1n) is 12.1. The Morgan fingerprint density at radius 1 is 1.00 bits per heavy atom. The van der Waals surface area contributed by atoms with E-state index >= 15 is 0 Å². The summed E-state index contributed by atoms with van der Waals surface area (Å²) < 4.78 is 16.7. The zero-order valence-corrected chi connectivity index (χ0v) is 22.4. The summed E-state index contributed by atoms with van der Waals surface area (Å²) in [6.45, 7) is 2.42. The van der Waals surface area contributed by atoms with Gasteiger partial charge in [-0.05, 0) is 54.4 Å². The molecular formula is C30H26N2O6S. The first kappa shape index (κ1) is 26.0. The lowest BCUT2D eigenvalue weighted by Crippen LogP contribution is -2.29. The van der Waals surface area contributed by atoms with Crippen LogP contribution >= 0.6 is 11.3 Å². The Morgan fingerprint density at radius 3 is 2.44 bits per heavy atom. The lowest BCUT2D eigenvalue weighted by Gasteiger charge is -2.23. The molecule has 0 aliphatic carbocycles. The van der Waals surface area contributed by atoms with Gasteiger partial charge < -0.3 is 19.3 Å². The number of aliphatic hydroxyl groups excluding tert-OH is 1. The zero-order chi connectivity index (χ0) is 27.5. The number of nitrogens with zero attached hydrogens (tertiary/aromatic N) is 2. The molecule has 5 rings (SSSR count). The van der Waals surface area contributed by atoms with E-state index < -0.39 is 17.7 Å². The summed E-state index contributed by atoms with van der Waals surface area (Å²) in [7, 11) is 3.02. The Morgan fingerprint density at radius 2 is 1.77 bits per heavy atom. The number of methoxy groups -OCH3 is 2. The Kier molecular flexibility index (Phi) is 7.33. The number of ketones is 1. The van der Waals surface area contributed by atoms with Crippen molar-refractivity contribution in [3.63, 3.8) is 0 Å². The SMILES string of the molecule is COc1ccc([C@H]2C(=C(O)c3ccc(OCc4cccc(C)c4)cc3)C(=O)C(=O)N2c2nccs2)cc1OC. The van der Waals surface area contributed by atoms with E-state index in [9.17, 15) is 14.7 Å². The van der Waals surface area contributed by atoms with Crippen molar-refractivity contribution >= 4 is 33.9 Å². The molecule has 9 heteroatoms. The number of aromatic nitrogens is 1. The maximum atomic E-state index is 13.3. The molecule has 1 amide bonds. The van der Waals surface area contributed by atoms with Crippen LogP contribution in [0.15, 0.2) is 83.9 Å². The van der Waals surface area contributed by atoms with E-state index in [1.165, 1.54) is 30.5 Å². The van der Waals surface area contributed by atoms with Crippen molar-refractivity contribution < 1.29 is 28.9 Å². The summed E-state index contributed by atoms with van der Waals surface area (Å²) in [6, 6.07) is 19.0. The Hall–Kier alpha value is -4.63. The van der Waals surface area contributed by atoms with Gasteiger partial charge in [0.2, 0.25) is 0 Å². The number of benzene rings is 3. The molecular weight excluding hydrogens is 516 g/mol. The molecule has 0 unspecified atom stereocenters. The van der Waals surface area contributed by atoms with Gasteiger partial charge in [0.05, 0.1) is 25.8 Å². The van der Waals surface area contributed by atoms with Crippen LogP contribution in [0.2, 0.25) is 0 Å². The number of carbonyl (C=O) groups excluding carboxylic acids is 2. The Labute approximate surface area is 229 Å². The van der Waals surface area contributed by atoms with Crippen molar-refractivity contribution in [3.8, 4) is 17.2 Å².